The Hall–Kier alpha value is -4.26. The Bertz CT molecular complexity index is 1810. The van der Waals surface area contributed by atoms with Gasteiger partial charge >= 0.3 is 0 Å². The number of thioether (sulfide) groups is 1. The summed E-state index contributed by atoms with van der Waals surface area (Å²) in [6.45, 7) is 0. The monoisotopic (exact) mass is 590 g/mol. The van der Waals surface area contributed by atoms with Crippen molar-refractivity contribution in [3.63, 3.8) is 0 Å². The maximum Gasteiger partial charge on any atom is 0.284 e. The molecule has 9 nitrogen and oxygen atoms in total. The first-order chi connectivity index (χ1) is 19.3. The molecule has 0 amide bonds. The van der Waals surface area contributed by atoms with Gasteiger partial charge in [-0.25, -0.2) is 4.99 Å². The predicted octanol–water partition coefficient (Wildman–Crippen LogP) is 5.51. The molecule has 1 aliphatic rings. The molecule has 40 heavy (non-hydrogen) atoms. The summed E-state index contributed by atoms with van der Waals surface area (Å²) in [6, 6.07) is 31.1. The lowest BCUT2D eigenvalue weighted by Gasteiger charge is -2.19. The second-order valence-electron chi connectivity index (χ2n) is 8.25. The molecule has 0 N–H and O–H groups in total. The van der Waals surface area contributed by atoms with E-state index in [4.69, 9.17) is 4.74 Å². The fraction of sp³-hybridized carbons (Fsp3) is 0.0357. The molecule has 0 saturated carbocycles. The van der Waals surface area contributed by atoms with Crippen molar-refractivity contribution in [1.82, 2.24) is 0 Å². The van der Waals surface area contributed by atoms with Crippen LogP contribution in [0.25, 0.3) is 0 Å². The van der Waals surface area contributed by atoms with Gasteiger partial charge in [-0.05, 0) is 72.4 Å². The molecule has 0 aliphatic carbocycles. The highest BCUT2D eigenvalue weighted by Gasteiger charge is 2.38. The average Bonchev–Trinajstić information content (AvgIpc) is 3.29. The number of para-hydroxylation sites is 1. The summed E-state index contributed by atoms with van der Waals surface area (Å²) in [5, 5.41) is 0.120. The predicted molar refractivity (Wildman–Crippen MR) is 159 cm³/mol. The van der Waals surface area contributed by atoms with Gasteiger partial charge in [0.2, 0.25) is 0 Å². The molecule has 5 rings (SSSR count). The fourth-order valence-electron chi connectivity index (χ4n) is 3.67. The van der Waals surface area contributed by atoms with Crippen LogP contribution in [0.2, 0.25) is 0 Å². The minimum Gasteiger partial charge on any atom is -0.497 e. The number of sulfonamides is 2. The molecule has 12 heteroatoms. The SMILES string of the molecule is COc1ccc(N2C(=Nc3ccccc3)SC(=N/S(=O)(=O)c3ccccc3)/C2=N\S(=O)(=O)c2ccccc2)cc1. The number of hydrogen-bond donors (Lipinski definition) is 0. The van der Waals surface area contributed by atoms with Crippen LogP contribution < -0.4 is 9.64 Å². The van der Waals surface area contributed by atoms with Crippen molar-refractivity contribution in [2.24, 2.45) is 13.8 Å². The molecule has 0 radical (unpaired) electrons. The maximum absolute atomic E-state index is 13.4. The minimum absolute atomic E-state index is 0.0437. The van der Waals surface area contributed by atoms with E-state index in [2.05, 4.69) is 13.8 Å². The highest BCUT2D eigenvalue weighted by atomic mass is 32.2. The van der Waals surface area contributed by atoms with Crippen LogP contribution in [0.1, 0.15) is 0 Å². The fourth-order valence-corrected chi connectivity index (χ4v) is 6.91. The van der Waals surface area contributed by atoms with Gasteiger partial charge in [-0.1, -0.05) is 54.6 Å². The zero-order chi connectivity index (χ0) is 28.2. The van der Waals surface area contributed by atoms with Gasteiger partial charge in [0.1, 0.15) is 5.75 Å². The van der Waals surface area contributed by atoms with Crippen molar-refractivity contribution in [3.05, 3.63) is 115 Å². The van der Waals surface area contributed by atoms with Crippen molar-refractivity contribution in [3.8, 4) is 5.75 Å². The summed E-state index contributed by atoms with van der Waals surface area (Å²) < 4.78 is 66.8. The van der Waals surface area contributed by atoms with E-state index < -0.39 is 20.0 Å². The van der Waals surface area contributed by atoms with Gasteiger partial charge in [0, 0.05) is 5.69 Å². The zero-order valence-corrected chi connectivity index (χ0v) is 23.5. The highest BCUT2D eigenvalue weighted by molar-refractivity contribution is 8.30. The molecule has 4 aromatic carbocycles. The number of hydrogen-bond acceptors (Lipinski definition) is 7. The summed E-state index contributed by atoms with van der Waals surface area (Å²) in [5.41, 5.74) is 1.05. The lowest BCUT2D eigenvalue weighted by Crippen LogP contribution is -2.32. The standard InChI is InChI=1S/C28H22N4O5S3/c1-37-23-19-17-22(18-20-23)32-26(30-39(33,34)24-13-7-3-8-14-24)27(31-40(35,36)25-15-9-4-10-16-25)38-28(32)29-21-11-5-2-6-12-21/h2-20H,1H3/b29-28?,30-26+,31-27+. The van der Waals surface area contributed by atoms with Gasteiger partial charge in [-0.15, -0.1) is 8.80 Å². The van der Waals surface area contributed by atoms with E-state index in [1.165, 1.54) is 36.3 Å². The molecule has 1 fully saturated rings. The molecule has 1 aliphatic heterocycles. The van der Waals surface area contributed by atoms with Crippen LogP contribution in [0.4, 0.5) is 11.4 Å². The number of anilines is 1. The summed E-state index contributed by atoms with van der Waals surface area (Å²) in [7, 11) is -6.96. The molecule has 0 bridgehead atoms. The third-order valence-corrected chi connectivity index (χ3v) is 9.20. The Kier molecular flexibility index (Phi) is 7.83. The van der Waals surface area contributed by atoms with Gasteiger partial charge in [-0.3, -0.25) is 4.90 Å². The van der Waals surface area contributed by atoms with E-state index in [9.17, 15) is 16.8 Å². The van der Waals surface area contributed by atoms with Crippen LogP contribution in [0.15, 0.2) is 139 Å². The number of aliphatic imine (C=N–C) groups is 1. The van der Waals surface area contributed by atoms with Crippen molar-refractivity contribution in [1.29, 1.82) is 0 Å². The summed E-state index contributed by atoms with van der Waals surface area (Å²) >= 11 is 0.904. The molecular weight excluding hydrogens is 569 g/mol. The van der Waals surface area contributed by atoms with Gasteiger partial charge in [-0.2, -0.15) is 16.8 Å². The summed E-state index contributed by atoms with van der Waals surface area (Å²) in [5.74, 6) is 0.376. The van der Waals surface area contributed by atoms with E-state index in [1.54, 1.807) is 84.9 Å². The van der Waals surface area contributed by atoms with Gasteiger partial charge < -0.3 is 4.74 Å². The molecule has 0 unspecified atom stereocenters. The van der Waals surface area contributed by atoms with E-state index in [0.29, 0.717) is 17.1 Å². The van der Waals surface area contributed by atoms with Crippen LogP contribution >= 0.6 is 11.8 Å². The molecule has 202 valence electrons. The molecule has 0 aromatic heterocycles. The Labute approximate surface area is 236 Å². The van der Waals surface area contributed by atoms with Gasteiger partial charge in [0.25, 0.3) is 20.0 Å². The van der Waals surface area contributed by atoms with Crippen LogP contribution in [0.5, 0.6) is 5.75 Å². The number of benzene rings is 4. The zero-order valence-electron chi connectivity index (χ0n) is 21.0. The molecule has 0 atom stereocenters. The largest absolute Gasteiger partial charge is 0.497 e. The molecule has 0 spiro atoms. The van der Waals surface area contributed by atoms with Crippen LogP contribution in [-0.2, 0) is 20.0 Å². The number of methoxy groups -OCH3 is 1. The number of rotatable bonds is 7. The summed E-state index contributed by atoms with van der Waals surface area (Å²) in [4.78, 5) is 6.06. The third kappa shape index (κ3) is 5.98. The van der Waals surface area contributed by atoms with E-state index >= 15 is 0 Å². The average molecular weight is 591 g/mol. The number of nitrogens with zero attached hydrogens (tertiary/aromatic N) is 4. The van der Waals surface area contributed by atoms with Gasteiger partial charge in [0.05, 0.1) is 22.6 Å². The van der Waals surface area contributed by atoms with Crippen LogP contribution in [0.3, 0.4) is 0 Å². The Morgan fingerprint density at radius 1 is 0.650 bits per heavy atom. The highest BCUT2D eigenvalue weighted by Crippen LogP contribution is 2.34. The Morgan fingerprint density at radius 3 is 1.68 bits per heavy atom. The Balaban J connectivity index is 1.75. The molecule has 1 heterocycles. The third-order valence-electron chi connectivity index (χ3n) is 5.59. The molecular formula is C28H22N4O5S3. The molecule has 1 saturated heterocycles. The lowest BCUT2D eigenvalue weighted by molar-refractivity contribution is 0.415. The van der Waals surface area contributed by atoms with Crippen molar-refractivity contribution in [2.75, 3.05) is 12.0 Å². The second kappa shape index (κ2) is 11.5. The minimum atomic E-state index is -4.27. The van der Waals surface area contributed by atoms with Crippen LogP contribution in [0, 0.1) is 0 Å². The normalized spacial score (nSPS) is 17.0. The van der Waals surface area contributed by atoms with Crippen LogP contribution in [-0.4, -0.2) is 40.0 Å². The van der Waals surface area contributed by atoms with E-state index in [1.807, 2.05) is 6.07 Å². The van der Waals surface area contributed by atoms with Crippen molar-refractivity contribution >= 4 is 59.2 Å². The van der Waals surface area contributed by atoms with E-state index in [-0.39, 0.29) is 25.8 Å². The maximum atomic E-state index is 13.4. The van der Waals surface area contributed by atoms with Crippen molar-refractivity contribution < 1.29 is 21.6 Å². The number of ether oxygens (including phenoxy) is 1. The number of amidine groups is 2. The topological polar surface area (TPSA) is 118 Å². The van der Waals surface area contributed by atoms with E-state index in [0.717, 1.165) is 11.8 Å². The lowest BCUT2D eigenvalue weighted by atomic mass is 10.2. The van der Waals surface area contributed by atoms with Crippen molar-refractivity contribution in [2.45, 2.75) is 9.79 Å². The smallest absolute Gasteiger partial charge is 0.284 e. The second-order valence-corrected chi connectivity index (χ2v) is 12.4. The Morgan fingerprint density at radius 2 is 1.15 bits per heavy atom. The quantitative estimate of drug-likeness (QED) is 0.278. The first kappa shape index (κ1) is 27.3. The first-order valence-electron chi connectivity index (χ1n) is 11.8. The van der Waals surface area contributed by atoms with Gasteiger partial charge in [0.15, 0.2) is 16.0 Å². The first-order valence-corrected chi connectivity index (χ1v) is 15.5. The summed E-state index contributed by atoms with van der Waals surface area (Å²) in [6.07, 6.45) is 0. The molecule has 4 aromatic rings.